The quantitative estimate of drug-likeness (QED) is 0.391. The number of hydrogen-bond acceptors (Lipinski definition) is 2. The Bertz CT molecular complexity index is 77.6. The van der Waals surface area contributed by atoms with Crippen LogP contribution in [0.2, 0.25) is 0 Å². The van der Waals surface area contributed by atoms with E-state index in [1.165, 1.54) is 0 Å². The maximum atomic E-state index is 9.97. The summed E-state index contributed by atoms with van der Waals surface area (Å²) in [4.78, 5) is 9.97. The second-order valence-electron chi connectivity index (χ2n) is 1.36. The molecule has 0 spiro atoms. The van der Waals surface area contributed by atoms with Crippen molar-refractivity contribution in [2.75, 3.05) is 6.61 Å². The highest BCUT2D eigenvalue weighted by Gasteiger charge is 2.25. The zero-order chi connectivity index (χ0) is 4.57. The monoisotopic (exact) mass is 85.0 g/mol. The van der Waals surface area contributed by atoms with Gasteiger partial charge < -0.3 is 4.74 Å². The van der Waals surface area contributed by atoms with E-state index in [0.717, 1.165) is 5.92 Å². The van der Waals surface area contributed by atoms with Gasteiger partial charge in [-0.25, -0.2) is 0 Å². The van der Waals surface area contributed by atoms with Gasteiger partial charge in [0.1, 0.15) is 12.5 Å². The first-order chi connectivity index (χ1) is 2.80. The fraction of sp³-hybridized carbons (Fsp3) is 0.500. The van der Waals surface area contributed by atoms with E-state index in [9.17, 15) is 4.79 Å². The van der Waals surface area contributed by atoms with Gasteiger partial charge in [-0.2, -0.15) is 0 Å². The Morgan fingerprint density at radius 3 is 2.33 bits per heavy atom. The summed E-state index contributed by atoms with van der Waals surface area (Å²) in [6.07, 6.45) is 0. The second kappa shape index (κ2) is 0.965. The van der Waals surface area contributed by atoms with Gasteiger partial charge in [0.2, 0.25) is 0 Å². The van der Waals surface area contributed by atoms with Crippen molar-refractivity contribution in [3.8, 4) is 0 Å². The minimum atomic E-state index is -0.144. The molecule has 1 radical (unpaired) electrons. The first kappa shape index (κ1) is 3.65. The van der Waals surface area contributed by atoms with Gasteiger partial charge in [-0.15, -0.1) is 0 Å². The Kier molecular flexibility index (Phi) is 0.587. The van der Waals surface area contributed by atoms with Crippen LogP contribution in [0.4, 0.5) is 0 Å². The van der Waals surface area contributed by atoms with E-state index < -0.39 is 0 Å². The second-order valence-corrected chi connectivity index (χ2v) is 1.36. The predicted octanol–water partition coefficient (Wildman–Crippen LogP) is 0.138. The standard InChI is InChI=1S/C4H5O2/c1-3-2-6-4(3)5/h2H2,1H3. The SMILES string of the molecule is C[C]1COC1=O. The maximum Gasteiger partial charge on any atom is 0.316 e. The number of carbonyl (C=O) groups is 1. The van der Waals surface area contributed by atoms with Gasteiger partial charge in [0.25, 0.3) is 0 Å². The van der Waals surface area contributed by atoms with Crippen molar-refractivity contribution < 1.29 is 9.53 Å². The minimum Gasteiger partial charge on any atom is -0.464 e. The fourth-order valence-electron chi connectivity index (χ4n) is 0.275. The first-order valence-corrected chi connectivity index (χ1v) is 1.80. The molecule has 0 unspecified atom stereocenters. The van der Waals surface area contributed by atoms with Crippen LogP contribution in [-0.4, -0.2) is 12.6 Å². The molecule has 2 heteroatoms. The molecule has 0 N–H and O–H groups in total. The number of rotatable bonds is 0. The van der Waals surface area contributed by atoms with E-state index in [-0.39, 0.29) is 5.97 Å². The van der Waals surface area contributed by atoms with Crippen molar-refractivity contribution >= 4 is 5.97 Å². The average Bonchev–Trinajstić information content (AvgIpc) is 1.61. The third-order valence-corrected chi connectivity index (χ3v) is 0.768. The van der Waals surface area contributed by atoms with Gasteiger partial charge in [0.05, 0.1) is 0 Å². The molecule has 33 valence electrons. The van der Waals surface area contributed by atoms with Crippen LogP contribution in [0.1, 0.15) is 6.92 Å². The van der Waals surface area contributed by atoms with Crippen molar-refractivity contribution in [3.05, 3.63) is 5.92 Å². The summed E-state index contributed by atoms with van der Waals surface area (Å²) in [6, 6.07) is 0. The number of carbonyl (C=O) groups excluding carboxylic acids is 1. The molecule has 2 nitrogen and oxygen atoms in total. The molecule has 0 saturated carbocycles. The van der Waals surface area contributed by atoms with Crippen LogP contribution in [0, 0.1) is 5.92 Å². The molecule has 1 aliphatic heterocycles. The summed E-state index contributed by atoms with van der Waals surface area (Å²) >= 11 is 0. The molecule has 1 rings (SSSR count). The summed E-state index contributed by atoms with van der Waals surface area (Å²) < 4.78 is 4.37. The first-order valence-electron chi connectivity index (χ1n) is 1.80. The molecule has 0 atom stereocenters. The molecule has 0 aromatic rings. The molecule has 0 aliphatic carbocycles. The lowest BCUT2D eigenvalue weighted by Gasteiger charge is -2.18. The molecular weight excluding hydrogens is 80.0 g/mol. The Hall–Kier alpha value is -0.530. The highest BCUT2D eigenvalue weighted by atomic mass is 16.6. The highest BCUT2D eigenvalue weighted by Crippen LogP contribution is 2.11. The Labute approximate surface area is 36.1 Å². The Balaban J connectivity index is 2.39. The smallest absolute Gasteiger partial charge is 0.316 e. The van der Waals surface area contributed by atoms with Crippen LogP contribution in [0.5, 0.6) is 0 Å². The minimum absolute atomic E-state index is 0.144. The lowest BCUT2D eigenvalue weighted by molar-refractivity contribution is -0.152. The van der Waals surface area contributed by atoms with E-state index in [1.54, 1.807) is 6.92 Å². The van der Waals surface area contributed by atoms with E-state index in [2.05, 4.69) is 4.74 Å². The average molecular weight is 85.1 g/mol. The summed E-state index contributed by atoms with van der Waals surface area (Å²) in [7, 11) is 0. The molecule has 1 aliphatic rings. The van der Waals surface area contributed by atoms with Gasteiger partial charge in [-0.1, -0.05) is 0 Å². The van der Waals surface area contributed by atoms with Gasteiger partial charge in [-0.3, -0.25) is 4.79 Å². The normalized spacial score (nSPS) is 22.5. The van der Waals surface area contributed by atoms with Crippen LogP contribution in [0.3, 0.4) is 0 Å². The van der Waals surface area contributed by atoms with E-state index >= 15 is 0 Å². The van der Waals surface area contributed by atoms with Crippen LogP contribution < -0.4 is 0 Å². The molecule has 6 heavy (non-hydrogen) atoms. The molecule has 0 aromatic carbocycles. The van der Waals surface area contributed by atoms with Crippen molar-refractivity contribution in [1.82, 2.24) is 0 Å². The van der Waals surface area contributed by atoms with Crippen LogP contribution in [0.15, 0.2) is 0 Å². The molecule has 1 heterocycles. The molecule has 0 aromatic heterocycles. The molecule has 1 saturated heterocycles. The zero-order valence-corrected chi connectivity index (χ0v) is 3.52. The fourth-order valence-corrected chi connectivity index (χ4v) is 0.275. The maximum absolute atomic E-state index is 9.97. The highest BCUT2D eigenvalue weighted by molar-refractivity contribution is 5.89. The van der Waals surface area contributed by atoms with Crippen LogP contribution in [0.25, 0.3) is 0 Å². The largest absolute Gasteiger partial charge is 0.464 e. The lowest BCUT2D eigenvalue weighted by Crippen LogP contribution is -2.29. The van der Waals surface area contributed by atoms with Gasteiger partial charge in [0, 0.05) is 0 Å². The van der Waals surface area contributed by atoms with E-state index in [0.29, 0.717) is 6.61 Å². The van der Waals surface area contributed by atoms with E-state index in [4.69, 9.17) is 0 Å². The Morgan fingerprint density at radius 1 is 1.83 bits per heavy atom. The molecule has 0 bridgehead atoms. The lowest BCUT2D eigenvalue weighted by atomic mass is 10.1. The van der Waals surface area contributed by atoms with Crippen LogP contribution >= 0.6 is 0 Å². The van der Waals surface area contributed by atoms with Crippen molar-refractivity contribution in [2.24, 2.45) is 0 Å². The summed E-state index contributed by atoms with van der Waals surface area (Å²) in [5.74, 6) is 0.685. The third-order valence-electron chi connectivity index (χ3n) is 0.768. The van der Waals surface area contributed by atoms with Crippen molar-refractivity contribution in [3.63, 3.8) is 0 Å². The molecular formula is C4H5O2. The third kappa shape index (κ3) is 0.295. The van der Waals surface area contributed by atoms with Crippen molar-refractivity contribution in [2.45, 2.75) is 6.92 Å². The Morgan fingerprint density at radius 2 is 2.33 bits per heavy atom. The summed E-state index contributed by atoms with van der Waals surface area (Å²) in [5.41, 5.74) is 0. The van der Waals surface area contributed by atoms with Gasteiger partial charge in [-0.05, 0) is 6.92 Å². The number of cyclic esters (lactones) is 1. The molecule has 1 fully saturated rings. The number of ether oxygens (including phenoxy) is 1. The van der Waals surface area contributed by atoms with Gasteiger partial charge >= 0.3 is 5.97 Å². The molecule has 0 amide bonds. The predicted molar refractivity (Wildman–Crippen MR) is 19.9 cm³/mol. The topological polar surface area (TPSA) is 26.3 Å². The number of esters is 1. The summed E-state index contributed by atoms with van der Waals surface area (Å²) in [6.45, 7) is 2.31. The van der Waals surface area contributed by atoms with Crippen LogP contribution in [-0.2, 0) is 9.53 Å². The van der Waals surface area contributed by atoms with E-state index in [1.807, 2.05) is 0 Å². The van der Waals surface area contributed by atoms with Gasteiger partial charge in [0.15, 0.2) is 0 Å². The zero-order valence-electron chi connectivity index (χ0n) is 3.52. The number of hydrogen-bond donors (Lipinski definition) is 0. The summed E-state index contributed by atoms with van der Waals surface area (Å²) in [5, 5.41) is 0. The van der Waals surface area contributed by atoms with Crippen molar-refractivity contribution in [1.29, 1.82) is 0 Å².